The van der Waals surface area contributed by atoms with Gasteiger partial charge in [-0.05, 0) is 31.0 Å². The van der Waals surface area contributed by atoms with Crippen molar-refractivity contribution >= 4 is 21.4 Å². The lowest BCUT2D eigenvalue weighted by Crippen LogP contribution is -2.25. The van der Waals surface area contributed by atoms with Gasteiger partial charge in [0.1, 0.15) is 4.21 Å². The van der Waals surface area contributed by atoms with Gasteiger partial charge >= 0.3 is 0 Å². The highest BCUT2D eigenvalue weighted by Gasteiger charge is 2.24. The van der Waals surface area contributed by atoms with Gasteiger partial charge in [-0.1, -0.05) is 29.8 Å². The van der Waals surface area contributed by atoms with Crippen molar-refractivity contribution in [3.05, 3.63) is 51.9 Å². The number of sulfonamides is 1. The van der Waals surface area contributed by atoms with Gasteiger partial charge in [-0.2, -0.15) is 4.31 Å². The molecule has 21 heavy (non-hydrogen) atoms. The molecular formula is C15H20N2O2S2. The Morgan fingerprint density at radius 2 is 1.81 bits per heavy atom. The zero-order chi connectivity index (χ0) is 15.6. The molecule has 2 N–H and O–H groups in total. The average Bonchev–Trinajstić information content (AvgIpc) is 2.83. The van der Waals surface area contributed by atoms with Crippen LogP contribution in [0.25, 0.3) is 0 Å². The van der Waals surface area contributed by atoms with Crippen LogP contribution in [-0.2, 0) is 23.1 Å². The molecule has 1 heterocycles. The molecule has 6 heteroatoms. The number of aryl methyl sites for hydroxylation is 2. The van der Waals surface area contributed by atoms with E-state index in [-0.39, 0.29) is 0 Å². The van der Waals surface area contributed by atoms with E-state index in [1.165, 1.54) is 15.6 Å². The molecule has 0 unspecified atom stereocenters. The number of nitrogens with two attached hydrogens (primary N) is 1. The van der Waals surface area contributed by atoms with Crippen LogP contribution >= 0.6 is 11.3 Å². The molecule has 1 aromatic heterocycles. The molecule has 0 amide bonds. The zero-order valence-electron chi connectivity index (χ0n) is 12.5. The minimum absolute atomic E-state index is 0.357. The maximum Gasteiger partial charge on any atom is 0.252 e. The topological polar surface area (TPSA) is 63.4 Å². The normalized spacial score (nSPS) is 12.0. The van der Waals surface area contributed by atoms with Crippen molar-refractivity contribution in [3.8, 4) is 0 Å². The maximum atomic E-state index is 12.6. The fourth-order valence-corrected chi connectivity index (χ4v) is 4.85. The number of rotatable bonds is 5. The van der Waals surface area contributed by atoms with Crippen molar-refractivity contribution in [2.24, 2.45) is 5.73 Å². The molecule has 0 saturated heterocycles. The first-order chi connectivity index (χ1) is 9.84. The summed E-state index contributed by atoms with van der Waals surface area (Å²) in [5, 5.41) is 0. The fourth-order valence-electron chi connectivity index (χ4n) is 2.01. The molecule has 0 radical (unpaired) electrons. The van der Waals surface area contributed by atoms with Crippen molar-refractivity contribution in [2.75, 3.05) is 7.05 Å². The summed E-state index contributed by atoms with van der Waals surface area (Å²) in [6.45, 7) is 4.62. The van der Waals surface area contributed by atoms with E-state index in [1.54, 1.807) is 13.1 Å². The molecule has 0 aliphatic rings. The second-order valence-corrected chi connectivity index (χ2v) is 8.53. The van der Waals surface area contributed by atoms with Crippen LogP contribution in [0.15, 0.2) is 34.5 Å². The first-order valence-corrected chi connectivity index (χ1v) is 8.91. The van der Waals surface area contributed by atoms with Crippen LogP contribution in [0.3, 0.4) is 0 Å². The van der Waals surface area contributed by atoms with Crippen LogP contribution in [0, 0.1) is 13.8 Å². The molecule has 0 bridgehead atoms. The van der Waals surface area contributed by atoms with E-state index in [2.05, 4.69) is 0 Å². The highest BCUT2D eigenvalue weighted by molar-refractivity contribution is 7.91. The van der Waals surface area contributed by atoms with Crippen LogP contribution in [-0.4, -0.2) is 19.8 Å². The van der Waals surface area contributed by atoms with Crippen LogP contribution in [0.2, 0.25) is 0 Å². The minimum Gasteiger partial charge on any atom is -0.326 e. The third kappa shape index (κ3) is 3.52. The fraction of sp³-hybridized carbons (Fsp3) is 0.333. The van der Waals surface area contributed by atoms with Gasteiger partial charge in [0, 0.05) is 25.0 Å². The number of hydrogen-bond donors (Lipinski definition) is 1. The van der Waals surface area contributed by atoms with E-state index >= 15 is 0 Å². The Morgan fingerprint density at radius 3 is 2.33 bits per heavy atom. The van der Waals surface area contributed by atoms with Crippen molar-refractivity contribution in [1.29, 1.82) is 0 Å². The molecule has 114 valence electrons. The van der Waals surface area contributed by atoms with E-state index in [9.17, 15) is 8.42 Å². The Bertz CT molecular complexity index is 719. The number of nitrogens with zero attached hydrogens (tertiary/aromatic N) is 1. The molecule has 0 atom stereocenters. The smallest absolute Gasteiger partial charge is 0.252 e. The predicted molar refractivity (Wildman–Crippen MR) is 86.8 cm³/mol. The third-order valence-electron chi connectivity index (χ3n) is 3.37. The lowest BCUT2D eigenvalue weighted by atomic mass is 10.1. The molecule has 0 fully saturated rings. The van der Waals surface area contributed by atoms with E-state index in [0.717, 1.165) is 21.6 Å². The lowest BCUT2D eigenvalue weighted by molar-refractivity contribution is 0.468. The summed E-state index contributed by atoms with van der Waals surface area (Å²) in [5.41, 5.74) is 8.69. The third-order valence-corrected chi connectivity index (χ3v) is 6.89. The van der Waals surface area contributed by atoms with E-state index in [0.29, 0.717) is 17.3 Å². The molecular weight excluding hydrogens is 304 g/mol. The molecule has 2 rings (SSSR count). The van der Waals surface area contributed by atoms with Gasteiger partial charge in [0.2, 0.25) is 0 Å². The lowest BCUT2D eigenvalue weighted by Gasteiger charge is -2.16. The van der Waals surface area contributed by atoms with Crippen LogP contribution in [0.4, 0.5) is 0 Å². The van der Waals surface area contributed by atoms with Crippen LogP contribution in [0.5, 0.6) is 0 Å². The van der Waals surface area contributed by atoms with Gasteiger partial charge in [-0.3, -0.25) is 0 Å². The first kappa shape index (κ1) is 16.2. The molecule has 0 saturated carbocycles. The molecule has 4 nitrogen and oxygen atoms in total. The number of thiophene rings is 1. The van der Waals surface area contributed by atoms with Gasteiger partial charge in [-0.25, -0.2) is 8.42 Å². The van der Waals surface area contributed by atoms with E-state index < -0.39 is 10.0 Å². The number of hydrogen-bond acceptors (Lipinski definition) is 4. The summed E-state index contributed by atoms with van der Waals surface area (Å²) < 4.78 is 26.9. The Morgan fingerprint density at radius 1 is 1.19 bits per heavy atom. The molecule has 0 aliphatic heterocycles. The van der Waals surface area contributed by atoms with Crippen molar-refractivity contribution < 1.29 is 8.42 Å². The van der Waals surface area contributed by atoms with Gasteiger partial charge in [0.15, 0.2) is 0 Å². The second-order valence-electron chi connectivity index (χ2n) is 5.12. The zero-order valence-corrected chi connectivity index (χ0v) is 14.1. The monoisotopic (exact) mass is 324 g/mol. The molecule has 2 aromatic rings. The molecule has 1 aromatic carbocycles. The Balaban J connectivity index is 2.23. The van der Waals surface area contributed by atoms with Crippen molar-refractivity contribution in [2.45, 2.75) is 31.1 Å². The molecule has 0 aliphatic carbocycles. The van der Waals surface area contributed by atoms with Crippen molar-refractivity contribution in [1.82, 2.24) is 4.31 Å². The summed E-state index contributed by atoms with van der Waals surface area (Å²) >= 11 is 1.25. The summed E-state index contributed by atoms with van der Waals surface area (Å²) in [7, 11) is -1.86. The van der Waals surface area contributed by atoms with Gasteiger partial charge < -0.3 is 5.73 Å². The van der Waals surface area contributed by atoms with Gasteiger partial charge in [-0.15, -0.1) is 11.3 Å². The molecule has 0 spiro atoms. The van der Waals surface area contributed by atoms with E-state index in [1.807, 2.05) is 38.1 Å². The largest absolute Gasteiger partial charge is 0.326 e. The average molecular weight is 324 g/mol. The highest BCUT2D eigenvalue weighted by Crippen LogP contribution is 2.28. The standard InChI is InChI=1S/C15H20N2O2S2/c1-11-4-6-13(7-5-11)10-17(3)21(18,19)15-8-12(2)14(9-16)20-15/h4-8H,9-10,16H2,1-3H3. The Hall–Kier alpha value is -1.21. The predicted octanol–water partition coefficient (Wildman–Crippen LogP) is 2.64. The van der Waals surface area contributed by atoms with Gasteiger partial charge in [0.05, 0.1) is 0 Å². The van der Waals surface area contributed by atoms with Crippen LogP contribution in [0.1, 0.15) is 21.6 Å². The summed E-state index contributed by atoms with van der Waals surface area (Å²) in [5.74, 6) is 0. The van der Waals surface area contributed by atoms with Gasteiger partial charge in [0.25, 0.3) is 10.0 Å². The summed E-state index contributed by atoms with van der Waals surface area (Å²) in [6, 6.07) is 9.57. The SMILES string of the molecule is Cc1ccc(CN(C)S(=O)(=O)c2cc(C)c(CN)s2)cc1. The second kappa shape index (κ2) is 6.27. The Labute approximate surface area is 130 Å². The maximum absolute atomic E-state index is 12.6. The minimum atomic E-state index is -3.46. The Kier molecular flexibility index (Phi) is 4.83. The highest BCUT2D eigenvalue weighted by atomic mass is 32.2. The van der Waals surface area contributed by atoms with Crippen molar-refractivity contribution in [3.63, 3.8) is 0 Å². The van der Waals surface area contributed by atoms with E-state index in [4.69, 9.17) is 5.73 Å². The quantitative estimate of drug-likeness (QED) is 0.919. The summed E-state index contributed by atoms with van der Waals surface area (Å²) in [4.78, 5) is 0.914. The first-order valence-electron chi connectivity index (χ1n) is 6.66. The summed E-state index contributed by atoms with van der Waals surface area (Å²) in [6.07, 6.45) is 0. The van der Waals surface area contributed by atoms with Crippen LogP contribution < -0.4 is 5.73 Å². The number of benzene rings is 1.